The second-order valence-corrected chi connectivity index (χ2v) is 16.6. The highest BCUT2D eigenvalue weighted by Crippen LogP contribution is 2.28. The van der Waals surface area contributed by atoms with Gasteiger partial charge in [0.15, 0.2) is 0 Å². The first-order valence-electron chi connectivity index (χ1n) is 25.2. The van der Waals surface area contributed by atoms with E-state index >= 15 is 0 Å². The number of carbonyl (C=O) groups excluding carboxylic acids is 12. The SMILES string of the molecule is C=CC(=O)OCOC(=O)Oc1ccc(C(=O)Oc2ccc(OC(=O)c3ccc(OC(=O)OCOC(=O)C=C)cc3)c(C)c2)cc1.C=CC(=O)OCOC(=O)Oc1ccc(C(=O)Oc2ccc(OC(=O)c3ccc(OC(=O)OCOC(=O)C=C)cc3)c(C)c2)cc1. The van der Waals surface area contributed by atoms with Crippen molar-refractivity contribution in [3.05, 3.63) is 217 Å². The fourth-order valence-corrected chi connectivity index (χ4v) is 6.17. The van der Waals surface area contributed by atoms with Crippen molar-refractivity contribution >= 4 is 72.4 Å². The van der Waals surface area contributed by atoms with Crippen molar-refractivity contribution in [1.82, 2.24) is 0 Å². The van der Waals surface area contributed by atoms with Crippen LogP contribution in [0.4, 0.5) is 19.2 Å². The first kappa shape index (κ1) is 67.9. The smallest absolute Gasteiger partial charge is 0.425 e. The van der Waals surface area contributed by atoms with Crippen LogP contribution in [0.3, 0.4) is 0 Å². The number of hydrogen-bond donors (Lipinski definition) is 0. The average molecular weight is 1240 g/mol. The van der Waals surface area contributed by atoms with Gasteiger partial charge in [0.2, 0.25) is 27.2 Å². The van der Waals surface area contributed by atoms with Gasteiger partial charge in [0.1, 0.15) is 46.0 Å². The van der Waals surface area contributed by atoms with Gasteiger partial charge in [-0.05, 0) is 158 Å². The Morgan fingerprint density at radius 3 is 0.700 bits per heavy atom. The molecule has 0 heterocycles. The Bertz CT molecular complexity index is 3420. The summed E-state index contributed by atoms with van der Waals surface area (Å²) < 4.78 is 77.5. The summed E-state index contributed by atoms with van der Waals surface area (Å²) in [7, 11) is 0. The number of rotatable bonds is 24. The van der Waals surface area contributed by atoms with E-state index in [0.717, 1.165) is 24.3 Å². The van der Waals surface area contributed by atoms with Gasteiger partial charge in [-0.1, -0.05) is 26.3 Å². The van der Waals surface area contributed by atoms with E-state index in [1.807, 2.05) is 0 Å². The average Bonchev–Trinajstić information content (AvgIpc) is 1.71. The number of esters is 8. The van der Waals surface area contributed by atoms with E-state index in [2.05, 4.69) is 64.2 Å². The number of aryl methyl sites for hydroxylation is 2. The molecule has 0 saturated carbocycles. The summed E-state index contributed by atoms with van der Waals surface area (Å²) >= 11 is 0. The van der Waals surface area contributed by atoms with E-state index in [4.69, 9.17) is 37.9 Å². The molecule has 0 aliphatic heterocycles. The lowest BCUT2D eigenvalue weighted by atomic mass is 10.2. The summed E-state index contributed by atoms with van der Waals surface area (Å²) in [5.74, 6) is -4.99. The molecule has 0 spiro atoms. The van der Waals surface area contributed by atoms with Gasteiger partial charge in [-0.3, -0.25) is 0 Å². The molecule has 0 atom stereocenters. The maximum Gasteiger partial charge on any atom is 0.516 e. The zero-order chi connectivity index (χ0) is 65.5. The monoisotopic (exact) mass is 1240 g/mol. The van der Waals surface area contributed by atoms with Gasteiger partial charge in [-0.2, -0.15) is 0 Å². The van der Waals surface area contributed by atoms with E-state index in [9.17, 15) is 57.5 Å². The normalized spacial score (nSPS) is 9.89. The molecular weight excluding hydrogens is 1190 g/mol. The Balaban J connectivity index is 0.000000327. The van der Waals surface area contributed by atoms with Crippen LogP contribution in [0.2, 0.25) is 0 Å². The third-order valence-corrected chi connectivity index (χ3v) is 10.5. The third kappa shape index (κ3) is 23.3. The zero-order valence-electron chi connectivity index (χ0n) is 47.1. The molecule has 0 unspecified atom stereocenters. The summed E-state index contributed by atoms with van der Waals surface area (Å²) in [6.45, 7) is 13.4. The van der Waals surface area contributed by atoms with Crippen molar-refractivity contribution in [2.75, 3.05) is 27.2 Å². The first-order valence-corrected chi connectivity index (χ1v) is 25.2. The minimum absolute atomic E-state index is 0.0574. The second kappa shape index (κ2) is 34.8. The molecule has 0 radical (unpaired) electrons. The minimum atomic E-state index is -1.13. The molecule has 28 nitrogen and oxygen atoms in total. The number of hydrogen-bond acceptors (Lipinski definition) is 28. The van der Waals surface area contributed by atoms with Gasteiger partial charge in [0.05, 0.1) is 22.3 Å². The molecule has 0 N–H and O–H groups in total. The van der Waals surface area contributed by atoms with Gasteiger partial charge < -0.3 is 75.8 Å². The van der Waals surface area contributed by atoms with Crippen molar-refractivity contribution < 1.29 is 133 Å². The van der Waals surface area contributed by atoms with Crippen LogP contribution in [-0.2, 0) is 57.1 Å². The second-order valence-electron chi connectivity index (χ2n) is 16.6. The first-order chi connectivity index (χ1) is 43.1. The lowest BCUT2D eigenvalue weighted by Gasteiger charge is -2.11. The van der Waals surface area contributed by atoms with Crippen LogP contribution in [0.15, 0.2) is 184 Å². The Morgan fingerprint density at radius 2 is 0.489 bits per heavy atom. The molecule has 0 fully saturated rings. The molecule has 0 aromatic heterocycles. The van der Waals surface area contributed by atoms with E-state index in [0.29, 0.717) is 11.1 Å². The molecule has 0 amide bonds. The van der Waals surface area contributed by atoms with Crippen molar-refractivity contribution in [3.8, 4) is 46.0 Å². The van der Waals surface area contributed by atoms with Crippen LogP contribution < -0.4 is 37.9 Å². The number of benzene rings is 6. The third-order valence-electron chi connectivity index (χ3n) is 10.5. The van der Waals surface area contributed by atoms with E-state index in [1.165, 1.54) is 133 Å². The molecule has 464 valence electrons. The zero-order valence-corrected chi connectivity index (χ0v) is 47.1. The quantitative estimate of drug-likeness (QED) is 0.0136. The van der Waals surface area contributed by atoms with Gasteiger partial charge in [0.25, 0.3) is 0 Å². The predicted octanol–water partition coefficient (Wildman–Crippen LogP) is 9.68. The Hall–Kier alpha value is -12.9. The lowest BCUT2D eigenvalue weighted by Crippen LogP contribution is -2.15. The molecular formula is C62H48O28. The van der Waals surface area contributed by atoms with Crippen molar-refractivity contribution in [2.24, 2.45) is 0 Å². The molecule has 6 aromatic carbocycles. The van der Waals surface area contributed by atoms with Crippen LogP contribution in [0.1, 0.15) is 52.6 Å². The summed E-state index contributed by atoms with van der Waals surface area (Å²) in [6, 6.07) is 30.2. The van der Waals surface area contributed by atoms with Gasteiger partial charge in [-0.25, -0.2) is 57.5 Å². The van der Waals surface area contributed by atoms with E-state index in [1.54, 1.807) is 13.8 Å². The maximum atomic E-state index is 12.6. The van der Waals surface area contributed by atoms with Crippen molar-refractivity contribution in [1.29, 1.82) is 0 Å². The summed E-state index contributed by atoms with van der Waals surface area (Å²) in [5, 5.41) is 0. The highest BCUT2D eigenvalue weighted by molar-refractivity contribution is 5.94. The molecule has 28 heteroatoms. The van der Waals surface area contributed by atoms with Gasteiger partial charge >= 0.3 is 72.4 Å². The molecule has 0 aliphatic carbocycles. The highest BCUT2D eigenvalue weighted by atomic mass is 16.8. The standard InChI is InChI=1S/2C31H24O14/c2*1-4-26(32)38-17-40-30(36)43-22-10-6-20(7-11-22)28(34)42-24-14-15-25(19(3)16-24)45-29(35)21-8-12-23(13-9-21)44-31(37)41-18-39-27(33)5-2/h2*4-16H,1-2,17-18H2,3H3. The number of carbonyl (C=O) groups is 12. The Kier molecular flexibility index (Phi) is 26.2. The van der Waals surface area contributed by atoms with Crippen molar-refractivity contribution in [2.45, 2.75) is 13.8 Å². The number of ether oxygens (including phenoxy) is 16. The molecule has 0 saturated heterocycles. The van der Waals surface area contributed by atoms with Crippen LogP contribution in [0.25, 0.3) is 0 Å². The lowest BCUT2D eigenvalue weighted by molar-refractivity contribution is -0.147. The van der Waals surface area contributed by atoms with Crippen LogP contribution >= 0.6 is 0 Å². The fourth-order valence-electron chi connectivity index (χ4n) is 6.17. The molecule has 0 aliphatic rings. The van der Waals surface area contributed by atoms with Crippen molar-refractivity contribution in [3.63, 3.8) is 0 Å². The van der Waals surface area contributed by atoms with Crippen LogP contribution in [0.5, 0.6) is 46.0 Å². The summed E-state index contributed by atoms with van der Waals surface area (Å²) in [6.07, 6.45) is -0.919. The van der Waals surface area contributed by atoms with E-state index in [-0.39, 0.29) is 68.2 Å². The molecule has 6 rings (SSSR count). The predicted molar refractivity (Wildman–Crippen MR) is 301 cm³/mol. The fraction of sp³-hybridized carbons (Fsp3) is 0.0968. The highest BCUT2D eigenvalue weighted by Gasteiger charge is 2.19. The van der Waals surface area contributed by atoms with Gasteiger partial charge in [0, 0.05) is 24.3 Å². The summed E-state index contributed by atoms with van der Waals surface area (Å²) in [5.41, 5.74) is 1.52. The molecule has 90 heavy (non-hydrogen) atoms. The molecule has 6 aromatic rings. The maximum absolute atomic E-state index is 12.6. The largest absolute Gasteiger partial charge is 0.516 e. The Labute approximate surface area is 508 Å². The van der Waals surface area contributed by atoms with Gasteiger partial charge in [-0.15, -0.1) is 0 Å². The van der Waals surface area contributed by atoms with Crippen LogP contribution in [0, 0.1) is 13.8 Å². The Morgan fingerprint density at radius 1 is 0.278 bits per heavy atom. The minimum Gasteiger partial charge on any atom is -0.425 e. The van der Waals surface area contributed by atoms with E-state index < -0.39 is 99.5 Å². The van der Waals surface area contributed by atoms with Crippen LogP contribution in [-0.4, -0.2) is 99.5 Å². The summed E-state index contributed by atoms with van der Waals surface area (Å²) in [4.78, 5) is 141. The molecule has 0 bridgehead atoms. The topological polar surface area (TPSA) is 353 Å².